The van der Waals surface area contributed by atoms with Crippen molar-refractivity contribution >= 4 is 5.82 Å². The predicted octanol–water partition coefficient (Wildman–Crippen LogP) is 3.57. The lowest BCUT2D eigenvalue weighted by atomic mass is 9.83. The molecule has 1 aliphatic rings. The molecule has 0 saturated heterocycles. The standard InChI is InChI=1S/C13H14F3N3/c14-13(15,16)11-5-4-10(8-17)12(19-11)18-7-6-9-2-1-3-9/h4-5,9H,1-3,6-7H2,(H,18,19). The molecule has 0 aromatic carbocycles. The van der Waals surface area contributed by atoms with E-state index in [1.165, 1.54) is 19.3 Å². The summed E-state index contributed by atoms with van der Waals surface area (Å²) in [5.41, 5.74) is -0.834. The van der Waals surface area contributed by atoms with Crippen LogP contribution in [0.25, 0.3) is 0 Å². The van der Waals surface area contributed by atoms with Crippen LogP contribution >= 0.6 is 0 Å². The fourth-order valence-electron chi connectivity index (χ4n) is 2.02. The number of nitrogens with zero attached hydrogens (tertiary/aromatic N) is 2. The van der Waals surface area contributed by atoms with Gasteiger partial charge in [0.2, 0.25) is 0 Å². The number of hydrogen-bond acceptors (Lipinski definition) is 3. The Balaban J connectivity index is 2.05. The van der Waals surface area contributed by atoms with Crippen LogP contribution < -0.4 is 5.32 Å². The third-order valence-corrected chi connectivity index (χ3v) is 3.38. The second kappa shape index (κ2) is 5.47. The van der Waals surface area contributed by atoms with E-state index >= 15 is 0 Å². The average molecular weight is 269 g/mol. The molecule has 2 rings (SSSR count). The molecule has 1 aliphatic carbocycles. The van der Waals surface area contributed by atoms with E-state index in [0.29, 0.717) is 12.5 Å². The SMILES string of the molecule is N#Cc1ccc(C(F)(F)F)nc1NCCC1CCC1. The molecule has 1 fully saturated rings. The molecule has 0 atom stereocenters. The molecule has 102 valence electrons. The summed E-state index contributed by atoms with van der Waals surface area (Å²) in [5.74, 6) is 0.681. The number of aromatic nitrogens is 1. The van der Waals surface area contributed by atoms with E-state index < -0.39 is 11.9 Å². The summed E-state index contributed by atoms with van der Waals surface area (Å²) in [4.78, 5) is 3.50. The van der Waals surface area contributed by atoms with Crippen molar-refractivity contribution in [2.45, 2.75) is 31.9 Å². The van der Waals surface area contributed by atoms with E-state index in [9.17, 15) is 13.2 Å². The van der Waals surface area contributed by atoms with E-state index in [1.807, 2.05) is 6.07 Å². The molecule has 1 saturated carbocycles. The van der Waals surface area contributed by atoms with Crippen LogP contribution in [0.3, 0.4) is 0 Å². The lowest BCUT2D eigenvalue weighted by Crippen LogP contribution is -2.17. The van der Waals surface area contributed by atoms with E-state index in [2.05, 4.69) is 10.3 Å². The fourth-order valence-corrected chi connectivity index (χ4v) is 2.02. The van der Waals surface area contributed by atoms with Gasteiger partial charge in [-0.3, -0.25) is 0 Å². The zero-order valence-electron chi connectivity index (χ0n) is 10.3. The Morgan fingerprint density at radius 1 is 1.37 bits per heavy atom. The molecule has 0 radical (unpaired) electrons. The average Bonchev–Trinajstić information content (AvgIpc) is 2.31. The Morgan fingerprint density at radius 2 is 2.11 bits per heavy atom. The molecule has 19 heavy (non-hydrogen) atoms. The van der Waals surface area contributed by atoms with Crippen molar-refractivity contribution in [3.05, 3.63) is 23.4 Å². The van der Waals surface area contributed by atoms with Gasteiger partial charge in [0, 0.05) is 6.54 Å². The van der Waals surface area contributed by atoms with E-state index in [1.54, 1.807) is 0 Å². The van der Waals surface area contributed by atoms with Gasteiger partial charge in [-0.2, -0.15) is 18.4 Å². The zero-order chi connectivity index (χ0) is 13.9. The molecule has 1 aromatic rings. The van der Waals surface area contributed by atoms with E-state index in [0.717, 1.165) is 18.6 Å². The first-order chi connectivity index (χ1) is 9.00. The lowest BCUT2D eigenvalue weighted by Gasteiger charge is -2.25. The molecule has 3 nitrogen and oxygen atoms in total. The van der Waals surface area contributed by atoms with Crippen LogP contribution in [0, 0.1) is 17.2 Å². The Hall–Kier alpha value is -1.77. The topological polar surface area (TPSA) is 48.7 Å². The summed E-state index contributed by atoms with van der Waals surface area (Å²) >= 11 is 0. The number of nitrogens with one attached hydrogen (secondary N) is 1. The maximum Gasteiger partial charge on any atom is 0.433 e. The third-order valence-electron chi connectivity index (χ3n) is 3.38. The minimum absolute atomic E-state index is 0.0247. The van der Waals surface area contributed by atoms with Gasteiger partial charge in [-0.15, -0.1) is 0 Å². The second-order valence-electron chi connectivity index (χ2n) is 4.71. The number of rotatable bonds is 4. The second-order valence-corrected chi connectivity index (χ2v) is 4.71. The molecule has 0 spiro atoms. The molecule has 1 N–H and O–H groups in total. The highest BCUT2D eigenvalue weighted by Gasteiger charge is 2.33. The highest BCUT2D eigenvalue weighted by molar-refractivity contribution is 5.52. The van der Waals surface area contributed by atoms with Gasteiger partial charge in [0.15, 0.2) is 0 Å². The minimum atomic E-state index is -4.49. The Labute approximate surface area is 109 Å². The van der Waals surface area contributed by atoms with Crippen LogP contribution in [0.4, 0.5) is 19.0 Å². The van der Waals surface area contributed by atoms with Gasteiger partial charge < -0.3 is 5.32 Å². The van der Waals surface area contributed by atoms with Crippen LogP contribution in [-0.4, -0.2) is 11.5 Å². The number of alkyl halides is 3. The van der Waals surface area contributed by atoms with Gasteiger partial charge in [-0.1, -0.05) is 19.3 Å². The van der Waals surface area contributed by atoms with Crippen molar-refractivity contribution in [1.29, 1.82) is 5.26 Å². The molecule has 0 aliphatic heterocycles. The molecule has 1 aromatic heterocycles. The summed E-state index contributed by atoms with van der Waals surface area (Å²) < 4.78 is 37.6. The molecule has 0 unspecified atom stereocenters. The molecule has 1 heterocycles. The summed E-state index contributed by atoms with van der Waals surface area (Å²) in [6.07, 6.45) is 0.0166. The Morgan fingerprint density at radius 3 is 2.63 bits per heavy atom. The number of nitriles is 1. The van der Waals surface area contributed by atoms with Crippen molar-refractivity contribution in [1.82, 2.24) is 4.98 Å². The summed E-state index contributed by atoms with van der Waals surface area (Å²) in [6, 6.07) is 3.83. The maximum absolute atomic E-state index is 12.5. The van der Waals surface area contributed by atoms with Crippen LogP contribution in [-0.2, 0) is 6.18 Å². The first-order valence-corrected chi connectivity index (χ1v) is 6.23. The number of halogens is 3. The normalized spacial score (nSPS) is 15.7. The van der Waals surface area contributed by atoms with Crippen LogP contribution in [0.5, 0.6) is 0 Å². The van der Waals surface area contributed by atoms with Crippen LogP contribution in [0.15, 0.2) is 12.1 Å². The van der Waals surface area contributed by atoms with Crippen LogP contribution in [0.1, 0.15) is 36.9 Å². The van der Waals surface area contributed by atoms with Gasteiger partial charge in [0.25, 0.3) is 0 Å². The molecule has 0 amide bonds. The minimum Gasteiger partial charge on any atom is -0.369 e. The number of anilines is 1. The van der Waals surface area contributed by atoms with Crippen molar-refractivity contribution in [3.8, 4) is 6.07 Å². The molecule has 6 heteroatoms. The summed E-state index contributed by atoms with van der Waals surface area (Å²) in [5, 5.41) is 11.7. The smallest absolute Gasteiger partial charge is 0.369 e. The monoisotopic (exact) mass is 269 g/mol. The van der Waals surface area contributed by atoms with Gasteiger partial charge in [-0.05, 0) is 24.5 Å². The van der Waals surface area contributed by atoms with Crippen molar-refractivity contribution < 1.29 is 13.2 Å². The summed E-state index contributed by atoms with van der Waals surface area (Å²) in [6.45, 7) is 0.549. The van der Waals surface area contributed by atoms with E-state index in [-0.39, 0.29) is 11.4 Å². The largest absolute Gasteiger partial charge is 0.433 e. The third kappa shape index (κ3) is 3.37. The fraction of sp³-hybridized carbons (Fsp3) is 0.538. The van der Waals surface area contributed by atoms with Gasteiger partial charge >= 0.3 is 6.18 Å². The zero-order valence-corrected chi connectivity index (χ0v) is 10.3. The summed E-state index contributed by atoms with van der Waals surface area (Å²) in [7, 11) is 0. The lowest BCUT2D eigenvalue weighted by molar-refractivity contribution is -0.141. The van der Waals surface area contributed by atoms with Gasteiger partial charge in [0.05, 0.1) is 5.56 Å². The molecular weight excluding hydrogens is 255 g/mol. The van der Waals surface area contributed by atoms with Gasteiger partial charge in [-0.25, -0.2) is 4.98 Å². The predicted molar refractivity (Wildman–Crippen MR) is 64.4 cm³/mol. The molecular formula is C13H14F3N3. The Bertz CT molecular complexity index is 487. The quantitative estimate of drug-likeness (QED) is 0.909. The van der Waals surface area contributed by atoms with Gasteiger partial charge in [0.1, 0.15) is 17.6 Å². The van der Waals surface area contributed by atoms with Crippen molar-refractivity contribution in [2.24, 2.45) is 5.92 Å². The van der Waals surface area contributed by atoms with E-state index in [4.69, 9.17) is 5.26 Å². The highest BCUT2D eigenvalue weighted by Crippen LogP contribution is 2.31. The van der Waals surface area contributed by atoms with Crippen molar-refractivity contribution in [3.63, 3.8) is 0 Å². The first kappa shape index (κ1) is 13.7. The molecule has 0 bridgehead atoms. The highest BCUT2D eigenvalue weighted by atomic mass is 19.4. The Kier molecular flexibility index (Phi) is 3.93. The van der Waals surface area contributed by atoms with Crippen molar-refractivity contribution in [2.75, 3.05) is 11.9 Å². The number of pyridine rings is 1. The first-order valence-electron chi connectivity index (χ1n) is 6.23. The maximum atomic E-state index is 12.5. The number of hydrogen-bond donors (Lipinski definition) is 1. The van der Waals surface area contributed by atoms with Crippen LogP contribution in [0.2, 0.25) is 0 Å².